The molecule has 23 heavy (non-hydrogen) atoms. The lowest BCUT2D eigenvalue weighted by Crippen LogP contribution is -2.36. The van der Waals surface area contributed by atoms with Crippen molar-refractivity contribution in [3.05, 3.63) is 29.1 Å². The lowest BCUT2D eigenvalue weighted by atomic mass is 10.1. The molecule has 0 bridgehead atoms. The standard InChI is InChI=1S/C18H25N3O2/c1-12-7-13(2)19-9-15(12)10-20-18(23)14-8-17(22)21(11-14)16-5-3-4-6-16/h7,9,14,16H,3-6,8,10-11H2,1-2H3,(H,20,23). The number of carbonyl (C=O) groups is 2. The van der Waals surface area contributed by atoms with Crippen molar-refractivity contribution in [2.45, 2.75) is 58.5 Å². The van der Waals surface area contributed by atoms with E-state index < -0.39 is 0 Å². The molecular formula is C18H25N3O2. The molecule has 1 saturated carbocycles. The van der Waals surface area contributed by atoms with Crippen LogP contribution in [0.3, 0.4) is 0 Å². The Morgan fingerprint density at radius 1 is 1.35 bits per heavy atom. The Labute approximate surface area is 137 Å². The summed E-state index contributed by atoms with van der Waals surface area (Å²) >= 11 is 0. The highest BCUT2D eigenvalue weighted by atomic mass is 16.2. The third kappa shape index (κ3) is 3.54. The van der Waals surface area contributed by atoms with Gasteiger partial charge < -0.3 is 10.2 Å². The average molecular weight is 315 g/mol. The van der Waals surface area contributed by atoms with Crippen molar-refractivity contribution in [2.24, 2.45) is 5.92 Å². The molecule has 5 heteroatoms. The molecular weight excluding hydrogens is 290 g/mol. The topological polar surface area (TPSA) is 62.3 Å². The Hall–Kier alpha value is -1.91. The molecule has 1 aromatic rings. The first-order valence-corrected chi connectivity index (χ1v) is 8.54. The van der Waals surface area contributed by atoms with Gasteiger partial charge in [0.2, 0.25) is 11.8 Å². The molecule has 1 aliphatic carbocycles. The molecule has 1 saturated heterocycles. The van der Waals surface area contributed by atoms with Gasteiger partial charge in [0.25, 0.3) is 0 Å². The zero-order valence-electron chi connectivity index (χ0n) is 14.0. The number of rotatable bonds is 4. The molecule has 2 heterocycles. The minimum Gasteiger partial charge on any atom is -0.352 e. The van der Waals surface area contributed by atoms with Crippen LogP contribution in [-0.4, -0.2) is 34.3 Å². The summed E-state index contributed by atoms with van der Waals surface area (Å²) in [5.41, 5.74) is 3.14. The maximum absolute atomic E-state index is 12.4. The fourth-order valence-electron chi connectivity index (χ4n) is 3.71. The van der Waals surface area contributed by atoms with E-state index in [1.54, 1.807) is 0 Å². The maximum Gasteiger partial charge on any atom is 0.225 e. The van der Waals surface area contributed by atoms with E-state index in [9.17, 15) is 9.59 Å². The molecule has 3 rings (SSSR count). The third-order valence-corrected chi connectivity index (χ3v) is 5.10. The molecule has 1 aromatic heterocycles. The van der Waals surface area contributed by atoms with Gasteiger partial charge in [-0.3, -0.25) is 14.6 Å². The Morgan fingerprint density at radius 2 is 2.09 bits per heavy atom. The van der Waals surface area contributed by atoms with Crippen LogP contribution in [0.5, 0.6) is 0 Å². The number of nitrogens with one attached hydrogen (secondary N) is 1. The molecule has 1 unspecified atom stereocenters. The van der Waals surface area contributed by atoms with Gasteiger partial charge in [-0.05, 0) is 43.9 Å². The molecule has 1 aliphatic heterocycles. The van der Waals surface area contributed by atoms with E-state index in [2.05, 4.69) is 10.3 Å². The summed E-state index contributed by atoms with van der Waals surface area (Å²) in [5.74, 6) is -0.0779. The van der Waals surface area contributed by atoms with Crippen molar-refractivity contribution in [3.63, 3.8) is 0 Å². The zero-order valence-corrected chi connectivity index (χ0v) is 14.0. The van der Waals surface area contributed by atoms with Crippen LogP contribution in [0.1, 0.15) is 48.9 Å². The molecule has 0 aromatic carbocycles. The van der Waals surface area contributed by atoms with E-state index in [0.29, 0.717) is 25.6 Å². The minimum atomic E-state index is -0.207. The Bertz CT molecular complexity index is 608. The van der Waals surface area contributed by atoms with Gasteiger partial charge in [-0.1, -0.05) is 12.8 Å². The van der Waals surface area contributed by atoms with Crippen molar-refractivity contribution in [3.8, 4) is 0 Å². The van der Waals surface area contributed by atoms with E-state index in [1.807, 2.05) is 31.0 Å². The normalized spacial score (nSPS) is 21.9. The second kappa shape index (κ2) is 6.69. The largest absolute Gasteiger partial charge is 0.352 e. The predicted molar refractivity (Wildman–Crippen MR) is 87.6 cm³/mol. The van der Waals surface area contributed by atoms with Gasteiger partial charge in [0.1, 0.15) is 0 Å². The molecule has 0 spiro atoms. The highest BCUT2D eigenvalue weighted by Gasteiger charge is 2.38. The van der Waals surface area contributed by atoms with Gasteiger partial charge in [-0.2, -0.15) is 0 Å². The third-order valence-electron chi connectivity index (χ3n) is 5.10. The number of carbonyl (C=O) groups excluding carboxylic acids is 2. The second-order valence-corrected chi connectivity index (χ2v) is 6.86. The van der Waals surface area contributed by atoms with Gasteiger partial charge in [0, 0.05) is 37.4 Å². The van der Waals surface area contributed by atoms with Crippen molar-refractivity contribution in [2.75, 3.05) is 6.54 Å². The quantitative estimate of drug-likeness (QED) is 0.925. The van der Waals surface area contributed by atoms with Gasteiger partial charge in [-0.15, -0.1) is 0 Å². The Kier molecular flexibility index (Phi) is 4.64. The van der Waals surface area contributed by atoms with Gasteiger partial charge >= 0.3 is 0 Å². The fourth-order valence-corrected chi connectivity index (χ4v) is 3.71. The van der Waals surface area contributed by atoms with E-state index in [0.717, 1.165) is 29.7 Å². The van der Waals surface area contributed by atoms with Crippen molar-refractivity contribution in [1.29, 1.82) is 0 Å². The maximum atomic E-state index is 12.4. The predicted octanol–water partition coefficient (Wildman–Crippen LogP) is 2.11. The molecule has 124 valence electrons. The molecule has 0 radical (unpaired) electrons. The lowest BCUT2D eigenvalue weighted by molar-refractivity contribution is -0.130. The summed E-state index contributed by atoms with van der Waals surface area (Å²) in [6.07, 6.45) is 6.75. The first-order valence-electron chi connectivity index (χ1n) is 8.54. The van der Waals surface area contributed by atoms with Gasteiger partial charge in [0.05, 0.1) is 5.92 Å². The Morgan fingerprint density at radius 3 is 2.78 bits per heavy atom. The number of hydrogen-bond donors (Lipinski definition) is 1. The molecule has 1 N–H and O–H groups in total. The van der Waals surface area contributed by atoms with E-state index >= 15 is 0 Å². The second-order valence-electron chi connectivity index (χ2n) is 6.86. The van der Waals surface area contributed by atoms with E-state index in [1.165, 1.54) is 12.8 Å². The number of nitrogens with zero attached hydrogens (tertiary/aromatic N) is 2. The van der Waals surface area contributed by atoms with Gasteiger partial charge in [0.15, 0.2) is 0 Å². The molecule has 5 nitrogen and oxygen atoms in total. The summed E-state index contributed by atoms with van der Waals surface area (Å²) in [7, 11) is 0. The molecule has 2 aliphatic rings. The van der Waals surface area contributed by atoms with Crippen LogP contribution in [0.15, 0.2) is 12.3 Å². The smallest absolute Gasteiger partial charge is 0.225 e. The monoisotopic (exact) mass is 315 g/mol. The molecule has 2 fully saturated rings. The van der Waals surface area contributed by atoms with Crippen LogP contribution in [0.4, 0.5) is 0 Å². The number of pyridine rings is 1. The summed E-state index contributed by atoms with van der Waals surface area (Å²) < 4.78 is 0. The van der Waals surface area contributed by atoms with E-state index in [-0.39, 0.29) is 17.7 Å². The average Bonchev–Trinajstić information content (AvgIpc) is 3.15. The summed E-state index contributed by atoms with van der Waals surface area (Å²) in [6, 6.07) is 2.38. The van der Waals surface area contributed by atoms with Gasteiger partial charge in [-0.25, -0.2) is 0 Å². The highest BCUT2D eigenvalue weighted by Crippen LogP contribution is 2.29. The first-order chi connectivity index (χ1) is 11.0. The van der Waals surface area contributed by atoms with Crippen LogP contribution in [0.25, 0.3) is 0 Å². The Balaban J connectivity index is 1.55. The zero-order chi connectivity index (χ0) is 16.4. The number of amides is 2. The van der Waals surface area contributed by atoms with Crippen molar-refractivity contribution in [1.82, 2.24) is 15.2 Å². The number of aromatic nitrogens is 1. The summed E-state index contributed by atoms with van der Waals surface area (Å²) in [5, 5.41) is 2.98. The van der Waals surface area contributed by atoms with Crippen LogP contribution in [0.2, 0.25) is 0 Å². The molecule has 1 atom stereocenters. The van der Waals surface area contributed by atoms with Crippen LogP contribution in [0, 0.1) is 19.8 Å². The van der Waals surface area contributed by atoms with Crippen LogP contribution in [-0.2, 0) is 16.1 Å². The summed E-state index contributed by atoms with van der Waals surface area (Å²) in [4.78, 5) is 30.8. The fraction of sp³-hybridized carbons (Fsp3) is 0.611. The minimum absolute atomic E-state index is 0.0150. The summed E-state index contributed by atoms with van der Waals surface area (Å²) in [6.45, 7) is 5.04. The first kappa shape index (κ1) is 16.0. The van der Waals surface area contributed by atoms with Crippen molar-refractivity contribution < 1.29 is 9.59 Å². The lowest BCUT2D eigenvalue weighted by Gasteiger charge is -2.23. The van der Waals surface area contributed by atoms with Crippen LogP contribution < -0.4 is 5.32 Å². The number of hydrogen-bond acceptors (Lipinski definition) is 3. The SMILES string of the molecule is Cc1cc(C)c(CNC(=O)C2CC(=O)N(C3CCCC3)C2)cn1. The number of aryl methyl sites for hydroxylation is 2. The van der Waals surface area contributed by atoms with E-state index in [4.69, 9.17) is 0 Å². The van der Waals surface area contributed by atoms with Crippen LogP contribution >= 0.6 is 0 Å². The molecule has 2 amide bonds. The van der Waals surface area contributed by atoms with Crippen molar-refractivity contribution >= 4 is 11.8 Å². The highest BCUT2D eigenvalue weighted by molar-refractivity contribution is 5.89. The number of likely N-dealkylation sites (tertiary alicyclic amines) is 1.